The zero-order valence-electron chi connectivity index (χ0n) is 13.7. The van der Waals surface area contributed by atoms with Crippen molar-refractivity contribution in [2.24, 2.45) is 0 Å². The summed E-state index contributed by atoms with van der Waals surface area (Å²) in [5.41, 5.74) is 0.189. The number of amides is 1. The van der Waals surface area contributed by atoms with Crippen LogP contribution in [0, 0.1) is 19.5 Å². The number of ether oxygens (including phenoxy) is 1. The van der Waals surface area contributed by atoms with Gasteiger partial charge < -0.3 is 10.1 Å². The molecule has 0 aromatic heterocycles. The van der Waals surface area contributed by atoms with Gasteiger partial charge in [0.1, 0.15) is 17.3 Å². The largest absolute Gasteiger partial charge is 0.457 e. The van der Waals surface area contributed by atoms with Crippen molar-refractivity contribution in [3.63, 3.8) is 0 Å². The average molecular weight is 478 g/mol. The maximum Gasteiger partial charge on any atom is 0.275 e. The lowest BCUT2D eigenvalue weighted by atomic mass is 10.2. The highest BCUT2D eigenvalue weighted by molar-refractivity contribution is 14.1. The van der Waals surface area contributed by atoms with E-state index in [-0.39, 0.29) is 22.7 Å². The standard InChI is InChI=1S/C19H12FIN2O4/c20-13-3-1-12(2-4-13)19(24)22-15-9-16(23(25)26)11-18(10-15)27-17-7-5-14(21)6-8-17/h1-11H,(H,22,24). The molecule has 0 aliphatic rings. The van der Waals surface area contributed by atoms with Crippen molar-refractivity contribution in [2.45, 2.75) is 0 Å². The van der Waals surface area contributed by atoms with Gasteiger partial charge in [0.2, 0.25) is 0 Å². The van der Waals surface area contributed by atoms with Crippen molar-refractivity contribution in [1.29, 1.82) is 0 Å². The molecule has 3 aromatic carbocycles. The molecule has 0 radical (unpaired) electrons. The van der Waals surface area contributed by atoms with Crippen LogP contribution in [0.4, 0.5) is 15.8 Å². The Bertz CT molecular complexity index is 992. The summed E-state index contributed by atoms with van der Waals surface area (Å²) >= 11 is 2.15. The van der Waals surface area contributed by atoms with Crippen LogP contribution in [0.15, 0.2) is 66.7 Å². The van der Waals surface area contributed by atoms with Crippen LogP contribution in [0.25, 0.3) is 0 Å². The van der Waals surface area contributed by atoms with E-state index in [4.69, 9.17) is 4.74 Å². The molecular formula is C19H12FIN2O4. The van der Waals surface area contributed by atoms with Gasteiger partial charge in [-0.05, 0) is 71.1 Å². The van der Waals surface area contributed by atoms with E-state index in [0.717, 1.165) is 15.7 Å². The fraction of sp³-hybridized carbons (Fsp3) is 0. The normalized spacial score (nSPS) is 10.3. The lowest BCUT2D eigenvalue weighted by molar-refractivity contribution is -0.384. The molecule has 1 amide bonds. The first-order valence-corrected chi connectivity index (χ1v) is 8.78. The number of halogens is 2. The van der Waals surface area contributed by atoms with Crippen LogP contribution < -0.4 is 10.1 Å². The number of hydrogen-bond donors (Lipinski definition) is 1. The fourth-order valence-electron chi connectivity index (χ4n) is 2.26. The second kappa shape index (κ2) is 8.12. The predicted molar refractivity (Wildman–Crippen MR) is 107 cm³/mol. The van der Waals surface area contributed by atoms with Crippen molar-refractivity contribution in [2.75, 3.05) is 5.32 Å². The molecule has 136 valence electrons. The summed E-state index contributed by atoms with van der Waals surface area (Å²) in [6.07, 6.45) is 0. The van der Waals surface area contributed by atoms with Crippen LogP contribution >= 0.6 is 22.6 Å². The number of anilines is 1. The van der Waals surface area contributed by atoms with Gasteiger partial charge in [-0.1, -0.05) is 0 Å². The van der Waals surface area contributed by atoms with Crippen molar-refractivity contribution >= 4 is 39.9 Å². The van der Waals surface area contributed by atoms with Gasteiger partial charge in [0.05, 0.1) is 16.7 Å². The summed E-state index contributed by atoms with van der Waals surface area (Å²) in [5, 5.41) is 13.8. The third-order valence-electron chi connectivity index (χ3n) is 3.52. The molecule has 0 saturated heterocycles. The molecular weight excluding hydrogens is 466 g/mol. The van der Waals surface area contributed by atoms with Gasteiger partial charge in [-0.15, -0.1) is 0 Å². The Morgan fingerprint density at radius 3 is 2.30 bits per heavy atom. The number of benzene rings is 3. The number of nitro groups is 1. The summed E-state index contributed by atoms with van der Waals surface area (Å²) in [7, 11) is 0. The fourth-order valence-corrected chi connectivity index (χ4v) is 2.62. The Labute approximate surface area is 167 Å². The van der Waals surface area contributed by atoms with Crippen LogP contribution in [0.2, 0.25) is 0 Å². The van der Waals surface area contributed by atoms with Gasteiger partial charge in [-0.25, -0.2) is 4.39 Å². The van der Waals surface area contributed by atoms with Gasteiger partial charge in [-0.3, -0.25) is 14.9 Å². The first kappa shape index (κ1) is 18.8. The molecule has 3 aromatic rings. The highest BCUT2D eigenvalue weighted by Gasteiger charge is 2.14. The minimum absolute atomic E-state index is 0.194. The van der Waals surface area contributed by atoms with E-state index in [1.165, 1.54) is 30.3 Å². The molecule has 6 nitrogen and oxygen atoms in total. The first-order chi connectivity index (χ1) is 12.9. The van der Waals surface area contributed by atoms with Gasteiger partial charge in [0, 0.05) is 21.3 Å². The molecule has 0 saturated carbocycles. The van der Waals surface area contributed by atoms with E-state index in [1.54, 1.807) is 12.1 Å². The number of hydrogen-bond acceptors (Lipinski definition) is 4. The molecule has 0 atom stereocenters. The van der Waals surface area contributed by atoms with Crippen molar-refractivity contribution in [3.8, 4) is 11.5 Å². The Balaban J connectivity index is 1.86. The topological polar surface area (TPSA) is 81.5 Å². The molecule has 0 fully saturated rings. The summed E-state index contributed by atoms with van der Waals surface area (Å²) in [6, 6.07) is 16.1. The molecule has 8 heteroatoms. The van der Waals surface area contributed by atoms with Crippen molar-refractivity contribution in [3.05, 3.63) is 91.8 Å². The van der Waals surface area contributed by atoms with E-state index in [1.807, 2.05) is 12.1 Å². The molecule has 0 spiro atoms. The third kappa shape index (κ3) is 5.00. The van der Waals surface area contributed by atoms with Crippen molar-refractivity contribution < 1.29 is 18.8 Å². The van der Waals surface area contributed by atoms with E-state index in [0.29, 0.717) is 5.75 Å². The van der Waals surface area contributed by atoms with E-state index in [9.17, 15) is 19.3 Å². The summed E-state index contributed by atoms with van der Waals surface area (Å²) in [6.45, 7) is 0. The highest BCUT2D eigenvalue weighted by atomic mass is 127. The average Bonchev–Trinajstić information content (AvgIpc) is 2.64. The minimum atomic E-state index is -0.575. The Kier molecular flexibility index (Phi) is 5.65. The van der Waals surface area contributed by atoms with Gasteiger partial charge in [0.25, 0.3) is 11.6 Å². The molecule has 1 N–H and O–H groups in total. The van der Waals surface area contributed by atoms with Gasteiger partial charge in [0.15, 0.2) is 0 Å². The van der Waals surface area contributed by atoms with Crippen molar-refractivity contribution in [1.82, 2.24) is 0 Å². The van der Waals surface area contributed by atoms with E-state index < -0.39 is 16.6 Å². The second-order valence-electron chi connectivity index (χ2n) is 5.49. The van der Waals surface area contributed by atoms with Crippen LogP contribution in [0.5, 0.6) is 11.5 Å². The minimum Gasteiger partial charge on any atom is -0.457 e. The number of non-ortho nitro benzene ring substituents is 1. The molecule has 0 heterocycles. The predicted octanol–water partition coefficient (Wildman–Crippen LogP) is 5.38. The second-order valence-corrected chi connectivity index (χ2v) is 6.74. The molecule has 0 aliphatic heterocycles. The lowest BCUT2D eigenvalue weighted by Crippen LogP contribution is -2.12. The third-order valence-corrected chi connectivity index (χ3v) is 4.23. The van der Waals surface area contributed by atoms with Gasteiger partial charge in [-0.2, -0.15) is 0 Å². The first-order valence-electron chi connectivity index (χ1n) is 7.70. The van der Waals surface area contributed by atoms with E-state index >= 15 is 0 Å². The zero-order valence-corrected chi connectivity index (χ0v) is 15.8. The molecule has 27 heavy (non-hydrogen) atoms. The quantitative estimate of drug-likeness (QED) is 0.303. The smallest absolute Gasteiger partial charge is 0.275 e. The van der Waals surface area contributed by atoms with Crippen LogP contribution in [0.1, 0.15) is 10.4 Å². The number of rotatable bonds is 5. The Morgan fingerprint density at radius 1 is 1.00 bits per heavy atom. The van der Waals surface area contributed by atoms with Crippen LogP contribution in [-0.2, 0) is 0 Å². The summed E-state index contributed by atoms with van der Waals surface area (Å²) < 4.78 is 19.7. The summed E-state index contributed by atoms with van der Waals surface area (Å²) in [4.78, 5) is 22.9. The highest BCUT2D eigenvalue weighted by Crippen LogP contribution is 2.30. The maximum absolute atomic E-state index is 13.0. The maximum atomic E-state index is 13.0. The number of carbonyl (C=O) groups is 1. The molecule has 3 rings (SSSR count). The molecule has 0 bridgehead atoms. The molecule has 0 unspecified atom stereocenters. The zero-order chi connectivity index (χ0) is 19.4. The SMILES string of the molecule is O=C(Nc1cc(Oc2ccc(I)cc2)cc([N+](=O)[O-])c1)c1ccc(F)cc1. The van der Waals surface area contributed by atoms with Gasteiger partial charge >= 0.3 is 0 Å². The number of nitrogens with one attached hydrogen (secondary N) is 1. The van der Waals surface area contributed by atoms with E-state index in [2.05, 4.69) is 27.9 Å². The number of nitrogens with zero attached hydrogens (tertiary/aromatic N) is 1. The Morgan fingerprint density at radius 2 is 1.67 bits per heavy atom. The Hall–Kier alpha value is -3.01. The summed E-state index contributed by atoms with van der Waals surface area (Å²) in [5.74, 6) is -0.266. The molecule has 0 aliphatic carbocycles. The number of carbonyl (C=O) groups excluding carboxylic acids is 1. The number of nitro benzene ring substituents is 1. The lowest BCUT2D eigenvalue weighted by Gasteiger charge is -2.10. The van der Waals surface area contributed by atoms with Crippen LogP contribution in [0.3, 0.4) is 0 Å². The monoisotopic (exact) mass is 478 g/mol. The van der Waals surface area contributed by atoms with Crippen LogP contribution in [-0.4, -0.2) is 10.8 Å².